The fourth-order valence-corrected chi connectivity index (χ4v) is 3.05. The summed E-state index contributed by atoms with van der Waals surface area (Å²) < 4.78 is 4.84. The van der Waals surface area contributed by atoms with Crippen LogP contribution in [0.25, 0.3) is 17.3 Å². The van der Waals surface area contributed by atoms with Crippen LogP contribution >= 0.6 is 0 Å². The first-order chi connectivity index (χ1) is 15.0. The second-order valence-corrected chi connectivity index (χ2v) is 7.25. The summed E-state index contributed by atoms with van der Waals surface area (Å²) in [5.74, 6) is -1.30. The molecule has 0 spiro atoms. The summed E-state index contributed by atoms with van der Waals surface area (Å²) in [6, 6.07) is 11.0. The SMILES string of the molecule is CCCCCCCNC(=O)N(C)c1cccc(-c2ccc(/C=C(\OC)C(=O)O)cn2)c1. The van der Waals surface area contributed by atoms with E-state index in [9.17, 15) is 9.59 Å². The first-order valence-corrected chi connectivity index (χ1v) is 10.5. The van der Waals surface area contributed by atoms with Crippen molar-refractivity contribution in [3.05, 3.63) is 53.9 Å². The van der Waals surface area contributed by atoms with Gasteiger partial charge in [-0.15, -0.1) is 0 Å². The molecule has 0 bridgehead atoms. The van der Waals surface area contributed by atoms with Crippen LogP contribution < -0.4 is 10.2 Å². The quantitative estimate of drug-likeness (QED) is 0.302. The largest absolute Gasteiger partial charge is 0.490 e. The van der Waals surface area contributed by atoms with Crippen molar-refractivity contribution in [2.24, 2.45) is 0 Å². The van der Waals surface area contributed by atoms with E-state index in [0.29, 0.717) is 12.1 Å². The van der Waals surface area contributed by atoms with Gasteiger partial charge in [0.2, 0.25) is 5.76 Å². The van der Waals surface area contributed by atoms with E-state index in [-0.39, 0.29) is 11.8 Å². The summed E-state index contributed by atoms with van der Waals surface area (Å²) in [5, 5.41) is 12.0. The van der Waals surface area contributed by atoms with Crippen LogP contribution in [0.3, 0.4) is 0 Å². The van der Waals surface area contributed by atoms with Gasteiger partial charge in [-0.05, 0) is 36.3 Å². The van der Waals surface area contributed by atoms with Gasteiger partial charge in [0.25, 0.3) is 0 Å². The van der Waals surface area contributed by atoms with Gasteiger partial charge in [-0.25, -0.2) is 9.59 Å². The van der Waals surface area contributed by atoms with Crippen LogP contribution in [0.15, 0.2) is 48.4 Å². The molecule has 166 valence electrons. The van der Waals surface area contributed by atoms with Gasteiger partial charge in [-0.1, -0.05) is 50.8 Å². The van der Waals surface area contributed by atoms with Crippen LogP contribution in [-0.4, -0.2) is 42.8 Å². The van der Waals surface area contributed by atoms with Crippen molar-refractivity contribution < 1.29 is 19.4 Å². The van der Waals surface area contributed by atoms with E-state index in [2.05, 4.69) is 17.2 Å². The maximum atomic E-state index is 12.4. The van der Waals surface area contributed by atoms with Gasteiger partial charge in [-0.3, -0.25) is 9.88 Å². The normalized spacial score (nSPS) is 11.1. The highest BCUT2D eigenvalue weighted by Crippen LogP contribution is 2.23. The molecule has 1 aromatic carbocycles. The lowest BCUT2D eigenvalue weighted by Crippen LogP contribution is -2.37. The molecular formula is C24H31N3O4. The lowest BCUT2D eigenvalue weighted by Gasteiger charge is -2.19. The number of anilines is 1. The number of rotatable bonds is 11. The van der Waals surface area contributed by atoms with Crippen LogP contribution in [-0.2, 0) is 9.53 Å². The fraction of sp³-hybridized carbons (Fsp3) is 0.375. The van der Waals surface area contributed by atoms with Crippen molar-refractivity contribution in [1.82, 2.24) is 10.3 Å². The third-order valence-electron chi connectivity index (χ3n) is 4.91. The number of carboxylic acid groups (broad SMARTS) is 1. The Morgan fingerprint density at radius 2 is 1.94 bits per heavy atom. The zero-order valence-electron chi connectivity index (χ0n) is 18.4. The van der Waals surface area contributed by atoms with Crippen molar-refractivity contribution in [1.29, 1.82) is 0 Å². The van der Waals surface area contributed by atoms with E-state index in [1.807, 2.05) is 24.3 Å². The molecule has 0 saturated carbocycles. The standard InChI is InChI=1S/C24H31N3O4/c1-4-5-6-7-8-14-25-24(30)27(2)20-11-9-10-19(16-20)21-13-12-18(17-26-21)15-22(31-3)23(28)29/h9-13,15-17H,4-8,14H2,1-3H3,(H,25,30)(H,28,29)/b22-15-. The van der Waals surface area contributed by atoms with Crippen LogP contribution in [0.4, 0.5) is 10.5 Å². The molecule has 0 aliphatic heterocycles. The molecule has 2 aromatic rings. The van der Waals surface area contributed by atoms with Crippen molar-refractivity contribution in [2.75, 3.05) is 25.6 Å². The number of urea groups is 1. The lowest BCUT2D eigenvalue weighted by molar-refractivity contribution is -0.135. The van der Waals surface area contributed by atoms with Gasteiger partial charge in [0.05, 0.1) is 12.8 Å². The summed E-state index contributed by atoms with van der Waals surface area (Å²) in [6.45, 7) is 2.85. The maximum Gasteiger partial charge on any atom is 0.371 e. The highest BCUT2D eigenvalue weighted by molar-refractivity contribution is 5.92. The minimum atomic E-state index is -1.14. The van der Waals surface area contributed by atoms with Crippen LogP contribution in [0.1, 0.15) is 44.6 Å². The Labute approximate surface area is 183 Å². The molecule has 2 rings (SSSR count). The summed E-state index contributed by atoms with van der Waals surface area (Å²) >= 11 is 0. The van der Waals surface area contributed by atoms with Gasteiger partial charge in [-0.2, -0.15) is 0 Å². The number of ether oxygens (including phenoxy) is 1. The van der Waals surface area contributed by atoms with Crippen LogP contribution in [0.5, 0.6) is 0 Å². The van der Waals surface area contributed by atoms with Crippen molar-refractivity contribution >= 4 is 23.8 Å². The average Bonchev–Trinajstić information content (AvgIpc) is 2.79. The number of amides is 2. The second kappa shape index (κ2) is 12.4. The van der Waals surface area contributed by atoms with Crippen molar-refractivity contribution in [2.45, 2.75) is 39.0 Å². The van der Waals surface area contributed by atoms with Crippen molar-refractivity contribution in [3.8, 4) is 11.3 Å². The third-order valence-corrected chi connectivity index (χ3v) is 4.91. The highest BCUT2D eigenvalue weighted by atomic mass is 16.5. The van der Waals surface area contributed by atoms with Crippen LogP contribution in [0, 0.1) is 0 Å². The smallest absolute Gasteiger partial charge is 0.371 e. The van der Waals surface area contributed by atoms with Gasteiger partial charge in [0, 0.05) is 31.0 Å². The molecule has 7 nitrogen and oxygen atoms in total. The molecule has 2 N–H and O–H groups in total. The number of aromatic nitrogens is 1. The molecule has 0 radical (unpaired) electrons. The second-order valence-electron chi connectivity index (χ2n) is 7.25. The molecule has 0 saturated heterocycles. The monoisotopic (exact) mass is 425 g/mol. The topological polar surface area (TPSA) is 91.8 Å². The number of carbonyl (C=O) groups is 2. The average molecular weight is 426 g/mol. The van der Waals surface area contributed by atoms with E-state index in [4.69, 9.17) is 9.84 Å². The first kappa shape index (κ1) is 23.9. The number of unbranched alkanes of at least 4 members (excludes halogenated alkanes) is 4. The number of carboxylic acids is 1. The van der Waals surface area contributed by atoms with E-state index >= 15 is 0 Å². The Balaban J connectivity index is 2.02. The molecule has 0 aliphatic carbocycles. The van der Waals surface area contributed by atoms with Gasteiger partial charge in [0.15, 0.2) is 0 Å². The summed E-state index contributed by atoms with van der Waals surface area (Å²) in [5.41, 5.74) is 2.96. The number of hydrogen-bond donors (Lipinski definition) is 2. The summed E-state index contributed by atoms with van der Waals surface area (Å²) in [6.07, 6.45) is 8.75. The number of carbonyl (C=O) groups excluding carboxylic acids is 1. The molecule has 2 amide bonds. The number of aliphatic carboxylic acids is 1. The zero-order valence-corrected chi connectivity index (χ0v) is 18.4. The fourth-order valence-electron chi connectivity index (χ4n) is 3.05. The Kier molecular flexibility index (Phi) is 9.55. The molecule has 1 heterocycles. The Morgan fingerprint density at radius 3 is 2.58 bits per heavy atom. The molecule has 1 aromatic heterocycles. The number of nitrogens with one attached hydrogen (secondary N) is 1. The lowest BCUT2D eigenvalue weighted by atomic mass is 10.1. The molecule has 7 heteroatoms. The number of hydrogen-bond acceptors (Lipinski definition) is 4. The van der Waals surface area contributed by atoms with E-state index in [0.717, 1.165) is 29.8 Å². The molecular weight excluding hydrogens is 394 g/mol. The molecule has 31 heavy (non-hydrogen) atoms. The summed E-state index contributed by atoms with van der Waals surface area (Å²) in [4.78, 5) is 29.5. The van der Waals surface area contributed by atoms with Gasteiger partial charge in [0.1, 0.15) is 0 Å². The number of methoxy groups -OCH3 is 1. The number of benzene rings is 1. The van der Waals surface area contributed by atoms with Gasteiger partial charge < -0.3 is 15.2 Å². The zero-order chi connectivity index (χ0) is 22.6. The Morgan fingerprint density at radius 1 is 1.16 bits per heavy atom. The highest BCUT2D eigenvalue weighted by Gasteiger charge is 2.12. The molecule has 0 unspecified atom stereocenters. The number of nitrogens with zero attached hydrogens (tertiary/aromatic N) is 2. The molecule has 0 fully saturated rings. The van der Waals surface area contributed by atoms with E-state index < -0.39 is 5.97 Å². The van der Waals surface area contributed by atoms with Crippen LogP contribution in [0.2, 0.25) is 0 Å². The molecule has 0 aliphatic rings. The Bertz CT molecular complexity index is 894. The predicted molar refractivity (Wildman–Crippen MR) is 123 cm³/mol. The molecule has 0 atom stereocenters. The minimum Gasteiger partial charge on any atom is -0.490 e. The van der Waals surface area contributed by atoms with E-state index in [1.165, 1.54) is 32.4 Å². The number of pyridine rings is 1. The van der Waals surface area contributed by atoms with Crippen molar-refractivity contribution in [3.63, 3.8) is 0 Å². The van der Waals surface area contributed by atoms with E-state index in [1.54, 1.807) is 30.3 Å². The maximum absolute atomic E-state index is 12.4. The summed E-state index contributed by atoms with van der Waals surface area (Å²) in [7, 11) is 3.05. The first-order valence-electron chi connectivity index (χ1n) is 10.5. The predicted octanol–water partition coefficient (Wildman–Crippen LogP) is 4.94. The Hall–Kier alpha value is -3.35. The minimum absolute atomic E-state index is 0.137. The van der Waals surface area contributed by atoms with Gasteiger partial charge >= 0.3 is 12.0 Å². The third kappa shape index (κ3) is 7.44.